The molecule has 0 radical (unpaired) electrons. The normalized spacial score (nSPS) is 15.5. The lowest BCUT2D eigenvalue weighted by Crippen LogP contribution is -2.11. The number of rotatable bonds is 1. The van der Waals surface area contributed by atoms with E-state index in [0.29, 0.717) is 0 Å². The van der Waals surface area contributed by atoms with Crippen molar-refractivity contribution in [1.82, 2.24) is 0 Å². The first-order valence-electron chi connectivity index (χ1n) is 7.16. The highest BCUT2D eigenvalue weighted by molar-refractivity contribution is 6.01. The molecule has 21 heavy (non-hydrogen) atoms. The molecule has 1 heterocycles. The highest BCUT2D eigenvalue weighted by atomic mass is 16.5. The molecular formula is C18H16N2O. The zero-order valence-electron chi connectivity index (χ0n) is 11.9. The largest absolute Gasteiger partial charge is 0.497 e. The van der Waals surface area contributed by atoms with E-state index in [0.717, 1.165) is 30.0 Å². The number of nitrogens with zero attached hydrogens (tertiary/aromatic N) is 1. The van der Waals surface area contributed by atoms with Crippen molar-refractivity contribution in [3.05, 3.63) is 59.2 Å². The quantitative estimate of drug-likeness (QED) is 0.847. The number of hydrogen-bond acceptors (Lipinski definition) is 3. The molecule has 0 saturated heterocycles. The molecule has 2 aromatic carbocycles. The van der Waals surface area contributed by atoms with E-state index in [2.05, 4.69) is 28.5 Å². The maximum Gasteiger partial charge on any atom is 0.119 e. The van der Waals surface area contributed by atoms with Gasteiger partial charge in [0.05, 0.1) is 24.2 Å². The van der Waals surface area contributed by atoms with Crippen LogP contribution in [0.4, 0.5) is 11.4 Å². The molecule has 0 unspecified atom stereocenters. The summed E-state index contributed by atoms with van der Waals surface area (Å²) < 4.78 is 5.33. The molecular weight excluding hydrogens is 260 g/mol. The molecule has 3 heteroatoms. The Kier molecular flexibility index (Phi) is 2.78. The molecule has 2 aliphatic rings. The van der Waals surface area contributed by atoms with Crippen molar-refractivity contribution in [2.45, 2.75) is 12.8 Å². The standard InChI is InChI=1S/C18H16N2O/c1-21-14-8-9-15-12(10-14)6-7-13-11-19-16-4-2-3-5-17(16)20-18(13)15/h2-5,8-11,20H,6-7H2,1H3. The lowest BCUT2D eigenvalue weighted by Gasteiger charge is -2.22. The molecule has 4 rings (SSSR count). The van der Waals surface area contributed by atoms with Crippen molar-refractivity contribution in [2.24, 2.45) is 4.99 Å². The summed E-state index contributed by atoms with van der Waals surface area (Å²) in [5, 5.41) is 3.57. The Morgan fingerprint density at radius 2 is 2.00 bits per heavy atom. The fourth-order valence-electron chi connectivity index (χ4n) is 2.97. The summed E-state index contributed by atoms with van der Waals surface area (Å²) in [4.78, 5) is 4.61. The SMILES string of the molecule is COc1ccc2c(c1)CCC1=C2Nc2ccccc2N=C1. The van der Waals surface area contributed by atoms with Gasteiger partial charge in [-0.3, -0.25) is 4.99 Å². The van der Waals surface area contributed by atoms with Crippen LogP contribution in [0.5, 0.6) is 5.75 Å². The maximum atomic E-state index is 5.33. The zero-order chi connectivity index (χ0) is 14.2. The van der Waals surface area contributed by atoms with Gasteiger partial charge in [0.1, 0.15) is 5.75 Å². The summed E-state index contributed by atoms with van der Waals surface area (Å²) in [7, 11) is 1.71. The number of aryl methyl sites for hydroxylation is 1. The van der Waals surface area contributed by atoms with E-state index in [9.17, 15) is 0 Å². The number of benzene rings is 2. The number of methoxy groups -OCH3 is 1. The molecule has 1 aliphatic heterocycles. The van der Waals surface area contributed by atoms with Crippen LogP contribution < -0.4 is 10.1 Å². The van der Waals surface area contributed by atoms with Gasteiger partial charge in [-0.2, -0.15) is 0 Å². The van der Waals surface area contributed by atoms with Gasteiger partial charge in [0.15, 0.2) is 0 Å². The van der Waals surface area contributed by atoms with Gasteiger partial charge < -0.3 is 10.1 Å². The van der Waals surface area contributed by atoms with Crippen LogP contribution in [0, 0.1) is 0 Å². The average Bonchev–Trinajstić information content (AvgIpc) is 2.73. The number of fused-ring (bicyclic) bond motifs is 3. The molecule has 0 saturated carbocycles. The zero-order valence-corrected chi connectivity index (χ0v) is 11.9. The van der Waals surface area contributed by atoms with Crippen molar-refractivity contribution in [3.63, 3.8) is 0 Å². The van der Waals surface area contributed by atoms with E-state index in [1.54, 1.807) is 7.11 Å². The second-order valence-electron chi connectivity index (χ2n) is 5.32. The Labute approximate surface area is 124 Å². The number of nitrogens with one attached hydrogen (secondary N) is 1. The highest BCUT2D eigenvalue weighted by Gasteiger charge is 2.21. The second-order valence-corrected chi connectivity index (χ2v) is 5.32. The van der Waals surface area contributed by atoms with Gasteiger partial charge in [-0.05, 0) is 54.3 Å². The van der Waals surface area contributed by atoms with Crippen LogP contribution in [0.25, 0.3) is 5.70 Å². The number of hydrogen-bond donors (Lipinski definition) is 1. The summed E-state index contributed by atoms with van der Waals surface area (Å²) in [6.07, 6.45) is 4.02. The predicted octanol–water partition coefficient (Wildman–Crippen LogP) is 4.18. The highest BCUT2D eigenvalue weighted by Crippen LogP contribution is 2.38. The van der Waals surface area contributed by atoms with E-state index in [4.69, 9.17) is 4.74 Å². The number of ether oxygens (including phenoxy) is 1. The van der Waals surface area contributed by atoms with Gasteiger partial charge in [0, 0.05) is 11.8 Å². The Bertz CT molecular complexity index is 775. The molecule has 1 aliphatic carbocycles. The third-order valence-corrected chi connectivity index (χ3v) is 4.09. The Hall–Kier alpha value is -2.55. The third kappa shape index (κ3) is 2.02. The molecule has 104 valence electrons. The van der Waals surface area contributed by atoms with Crippen LogP contribution in [0.15, 0.2) is 53.0 Å². The van der Waals surface area contributed by atoms with E-state index >= 15 is 0 Å². The summed E-state index contributed by atoms with van der Waals surface area (Å²) in [5.74, 6) is 0.917. The predicted molar refractivity (Wildman–Crippen MR) is 86.5 cm³/mol. The van der Waals surface area contributed by atoms with E-state index < -0.39 is 0 Å². The van der Waals surface area contributed by atoms with E-state index in [1.165, 1.54) is 22.4 Å². The molecule has 0 amide bonds. The fourth-order valence-corrected chi connectivity index (χ4v) is 2.97. The third-order valence-electron chi connectivity index (χ3n) is 4.09. The van der Waals surface area contributed by atoms with Crippen LogP contribution in [-0.2, 0) is 6.42 Å². The minimum absolute atomic E-state index is 0.917. The molecule has 1 N–H and O–H groups in total. The summed E-state index contributed by atoms with van der Waals surface area (Å²) in [6.45, 7) is 0. The van der Waals surface area contributed by atoms with Crippen LogP contribution in [-0.4, -0.2) is 13.3 Å². The lowest BCUT2D eigenvalue weighted by atomic mass is 9.89. The number of allylic oxidation sites excluding steroid dienone is 1. The molecule has 2 aromatic rings. The smallest absolute Gasteiger partial charge is 0.119 e. The Balaban J connectivity index is 1.84. The lowest BCUT2D eigenvalue weighted by molar-refractivity contribution is 0.414. The van der Waals surface area contributed by atoms with Crippen molar-refractivity contribution in [1.29, 1.82) is 0 Å². The summed E-state index contributed by atoms with van der Waals surface area (Å²) in [6, 6.07) is 14.4. The van der Waals surface area contributed by atoms with Crippen LogP contribution in [0.3, 0.4) is 0 Å². The topological polar surface area (TPSA) is 33.6 Å². The van der Waals surface area contributed by atoms with Gasteiger partial charge in [-0.15, -0.1) is 0 Å². The molecule has 3 nitrogen and oxygen atoms in total. The summed E-state index contributed by atoms with van der Waals surface area (Å²) in [5.41, 5.74) is 7.06. The summed E-state index contributed by atoms with van der Waals surface area (Å²) >= 11 is 0. The molecule has 0 bridgehead atoms. The van der Waals surface area contributed by atoms with Crippen molar-refractivity contribution in [3.8, 4) is 5.75 Å². The van der Waals surface area contributed by atoms with Gasteiger partial charge >= 0.3 is 0 Å². The number of aliphatic imine (C=N–C) groups is 1. The minimum Gasteiger partial charge on any atom is -0.497 e. The Morgan fingerprint density at radius 1 is 1.10 bits per heavy atom. The number of para-hydroxylation sites is 2. The van der Waals surface area contributed by atoms with Crippen molar-refractivity contribution < 1.29 is 4.74 Å². The monoisotopic (exact) mass is 276 g/mol. The van der Waals surface area contributed by atoms with Gasteiger partial charge in [0.2, 0.25) is 0 Å². The fraction of sp³-hybridized carbons (Fsp3) is 0.167. The first-order chi connectivity index (χ1) is 10.3. The number of anilines is 1. The van der Waals surface area contributed by atoms with Crippen molar-refractivity contribution >= 4 is 23.3 Å². The van der Waals surface area contributed by atoms with Crippen LogP contribution >= 0.6 is 0 Å². The second kappa shape index (κ2) is 4.77. The van der Waals surface area contributed by atoms with Crippen molar-refractivity contribution in [2.75, 3.05) is 12.4 Å². The van der Waals surface area contributed by atoms with Crippen LogP contribution in [0.1, 0.15) is 17.5 Å². The first-order valence-corrected chi connectivity index (χ1v) is 7.16. The van der Waals surface area contributed by atoms with Gasteiger partial charge in [-0.1, -0.05) is 12.1 Å². The Morgan fingerprint density at radius 3 is 2.90 bits per heavy atom. The molecule has 0 atom stereocenters. The van der Waals surface area contributed by atoms with E-state index in [-0.39, 0.29) is 0 Å². The molecule has 0 fully saturated rings. The average molecular weight is 276 g/mol. The van der Waals surface area contributed by atoms with Gasteiger partial charge in [0.25, 0.3) is 0 Å². The maximum absolute atomic E-state index is 5.33. The minimum atomic E-state index is 0.917. The van der Waals surface area contributed by atoms with Gasteiger partial charge in [-0.25, -0.2) is 0 Å². The van der Waals surface area contributed by atoms with Crippen LogP contribution in [0.2, 0.25) is 0 Å². The van der Waals surface area contributed by atoms with E-state index in [1.807, 2.05) is 30.5 Å². The molecule has 0 aromatic heterocycles. The first kappa shape index (κ1) is 12.2. The molecule has 0 spiro atoms.